The van der Waals surface area contributed by atoms with Gasteiger partial charge >= 0.3 is 6.18 Å². The average molecular weight is 613 g/mol. The minimum Gasteiger partial charge on any atom is -0.341 e. The van der Waals surface area contributed by atoms with Crippen molar-refractivity contribution in [3.05, 3.63) is 69.0 Å². The van der Waals surface area contributed by atoms with E-state index in [1.165, 1.54) is 11.9 Å². The first-order chi connectivity index (χ1) is 18.0. The quantitative estimate of drug-likeness (QED) is 0.382. The standard InChI is InChI=1S/C26H31Cl2F4N3O3S/c1-25(18-5-7-21(27)22(28)15-18,10-13-35-11-8-19(9-12-35)33-39(3,37)38)24(36)34(2)16-17-4-6-20(23(29)14-17)26(30,31)32/h4-7,14-15,19,33H,8-13,16H2,1-3H3/t25-/m1/s1. The number of hydrogen-bond acceptors (Lipinski definition) is 4. The summed E-state index contributed by atoms with van der Waals surface area (Å²) in [6.45, 7) is 3.46. The number of rotatable bonds is 9. The van der Waals surface area contributed by atoms with Gasteiger partial charge in [-0.05, 0) is 81.2 Å². The number of piperidine rings is 1. The van der Waals surface area contributed by atoms with E-state index in [1.54, 1.807) is 25.1 Å². The number of amides is 1. The van der Waals surface area contributed by atoms with Gasteiger partial charge in [0.1, 0.15) is 5.82 Å². The molecular formula is C26H31Cl2F4N3O3S. The average Bonchev–Trinajstić information content (AvgIpc) is 2.83. The zero-order valence-electron chi connectivity index (χ0n) is 21.8. The van der Waals surface area contributed by atoms with Crippen molar-refractivity contribution in [1.82, 2.24) is 14.5 Å². The fourth-order valence-corrected chi connectivity index (χ4v) is 5.97. The predicted octanol–water partition coefficient (Wildman–Crippen LogP) is 5.47. The van der Waals surface area contributed by atoms with Gasteiger partial charge in [-0.25, -0.2) is 17.5 Å². The van der Waals surface area contributed by atoms with E-state index < -0.39 is 33.0 Å². The van der Waals surface area contributed by atoms with Crippen molar-refractivity contribution >= 4 is 39.1 Å². The van der Waals surface area contributed by atoms with Crippen molar-refractivity contribution in [2.45, 2.75) is 50.4 Å². The molecule has 216 valence electrons. The Morgan fingerprint density at radius 3 is 2.28 bits per heavy atom. The summed E-state index contributed by atoms with van der Waals surface area (Å²) in [5.41, 5.74) is -1.62. The van der Waals surface area contributed by atoms with Gasteiger partial charge in [-0.2, -0.15) is 13.2 Å². The van der Waals surface area contributed by atoms with Crippen molar-refractivity contribution in [3.8, 4) is 0 Å². The number of carbonyl (C=O) groups is 1. The number of alkyl halides is 3. The van der Waals surface area contributed by atoms with Crippen LogP contribution in [0.4, 0.5) is 17.6 Å². The molecule has 0 spiro atoms. The first-order valence-electron chi connectivity index (χ1n) is 12.3. The second-order valence-electron chi connectivity index (χ2n) is 10.2. The van der Waals surface area contributed by atoms with Crippen LogP contribution in [0.3, 0.4) is 0 Å². The van der Waals surface area contributed by atoms with Gasteiger partial charge < -0.3 is 9.80 Å². The molecule has 1 aliphatic rings. The highest BCUT2D eigenvalue weighted by molar-refractivity contribution is 7.88. The number of sulfonamides is 1. The molecule has 2 aromatic carbocycles. The molecule has 0 radical (unpaired) electrons. The van der Waals surface area contributed by atoms with E-state index in [0.29, 0.717) is 55.5 Å². The second kappa shape index (κ2) is 12.3. The molecule has 0 aliphatic carbocycles. The second-order valence-corrected chi connectivity index (χ2v) is 12.8. The van der Waals surface area contributed by atoms with Crippen molar-refractivity contribution in [2.24, 2.45) is 0 Å². The van der Waals surface area contributed by atoms with E-state index >= 15 is 0 Å². The monoisotopic (exact) mass is 611 g/mol. The van der Waals surface area contributed by atoms with Crippen LogP contribution in [-0.4, -0.2) is 63.1 Å². The molecule has 0 bridgehead atoms. The van der Waals surface area contributed by atoms with E-state index in [1.807, 2.05) is 0 Å². The van der Waals surface area contributed by atoms with E-state index in [2.05, 4.69) is 9.62 Å². The van der Waals surface area contributed by atoms with Crippen molar-refractivity contribution in [2.75, 3.05) is 32.9 Å². The van der Waals surface area contributed by atoms with Gasteiger partial charge in [0.15, 0.2) is 0 Å². The summed E-state index contributed by atoms with van der Waals surface area (Å²) in [5.74, 6) is -1.73. The van der Waals surface area contributed by atoms with E-state index in [0.717, 1.165) is 18.4 Å². The molecule has 3 rings (SSSR count). The van der Waals surface area contributed by atoms with Crippen LogP contribution in [0.25, 0.3) is 0 Å². The summed E-state index contributed by atoms with van der Waals surface area (Å²) in [5, 5.41) is 0.595. The number of likely N-dealkylation sites (tertiary alicyclic amines) is 1. The van der Waals surface area contributed by atoms with Crippen LogP contribution < -0.4 is 4.72 Å². The third-order valence-corrected chi connectivity index (χ3v) is 8.53. The molecule has 1 saturated heterocycles. The highest BCUT2D eigenvalue weighted by Gasteiger charge is 2.39. The molecule has 6 nitrogen and oxygen atoms in total. The highest BCUT2D eigenvalue weighted by Crippen LogP contribution is 2.36. The Morgan fingerprint density at radius 1 is 1.10 bits per heavy atom. The lowest BCUT2D eigenvalue weighted by atomic mass is 9.77. The minimum atomic E-state index is -4.81. The maximum absolute atomic E-state index is 14.1. The Kier molecular flexibility index (Phi) is 9.97. The maximum atomic E-state index is 14.1. The summed E-state index contributed by atoms with van der Waals surface area (Å²) >= 11 is 12.4. The molecule has 0 unspecified atom stereocenters. The van der Waals surface area contributed by atoms with Crippen LogP contribution in [0.5, 0.6) is 0 Å². The third kappa shape index (κ3) is 8.29. The Morgan fingerprint density at radius 2 is 1.74 bits per heavy atom. The summed E-state index contributed by atoms with van der Waals surface area (Å²) in [6.07, 6.45) is -2.05. The van der Waals surface area contributed by atoms with Crippen LogP contribution in [0.15, 0.2) is 36.4 Å². The number of likely N-dealkylation sites (N-methyl/N-ethyl adjacent to an activating group) is 1. The number of nitrogens with zero attached hydrogens (tertiary/aromatic N) is 2. The summed E-state index contributed by atoms with van der Waals surface area (Å²) < 4.78 is 78.7. The molecule has 1 heterocycles. The molecular weight excluding hydrogens is 581 g/mol. The fourth-order valence-electron chi connectivity index (χ4n) is 4.83. The van der Waals surface area contributed by atoms with Gasteiger partial charge in [-0.3, -0.25) is 4.79 Å². The lowest BCUT2D eigenvalue weighted by Gasteiger charge is -2.37. The maximum Gasteiger partial charge on any atom is 0.419 e. The van der Waals surface area contributed by atoms with Gasteiger partial charge in [0.2, 0.25) is 15.9 Å². The number of carbonyl (C=O) groups excluding carboxylic acids is 1. The smallest absolute Gasteiger partial charge is 0.341 e. The topological polar surface area (TPSA) is 69.7 Å². The first-order valence-corrected chi connectivity index (χ1v) is 14.9. The Bertz CT molecular complexity index is 1300. The lowest BCUT2D eigenvalue weighted by Crippen LogP contribution is -2.48. The molecule has 0 saturated carbocycles. The van der Waals surface area contributed by atoms with Crippen molar-refractivity contribution in [1.29, 1.82) is 0 Å². The largest absolute Gasteiger partial charge is 0.419 e. The highest BCUT2D eigenvalue weighted by atomic mass is 35.5. The normalized spacial score (nSPS) is 17.2. The molecule has 0 aromatic heterocycles. The van der Waals surface area contributed by atoms with Gasteiger partial charge in [-0.15, -0.1) is 0 Å². The Labute approximate surface area is 236 Å². The van der Waals surface area contributed by atoms with Crippen molar-refractivity contribution in [3.63, 3.8) is 0 Å². The van der Waals surface area contributed by atoms with Gasteiger partial charge in [0.25, 0.3) is 0 Å². The molecule has 1 fully saturated rings. The van der Waals surface area contributed by atoms with Gasteiger partial charge in [0, 0.05) is 19.6 Å². The predicted molar refractivity (Wildman–Crippen MR) is 144 cm³/mol. The van der Waals surface area contributed by atoms with Crippen molar-refractivity contribution < 1.29 is 30.8 Å². The summed E-state index contributed by atoms with van der Waals surface area (Å²) in [7, 11) is -1.79. The molecule has 1 amide bonds. The third-order valence-electron chi connectivity index (χ3n) is 7.03. The zero-order valence-corrected chi connectivity index (χ0v) is 24.1. The first kappa shape index (κ1) is 31.6. The van der Waals surface area contributed by atoms with Crippen LogP contribution in [0.2, 0.25) is 10.0 Å². The molecule has 39 heavy (non-hydrogen) atoms. The summed E-state index contributed by atoms with van der Waals surface area (Å²) in [6, 6.07) is 7.39. The SMILES string of the molecule is CN(Cc1ccc(C(F)(F)F)c(F)c1)C(=O)[C@](C)(CCN1CCC(NS(C)(=O)=O)CC1)c1ccc(Cl)c(Cl)c1. The fraction of sp³-hybridized carbons (Fsp3) is 0.500. The van der Waals surface area contributed by atoms with Gasteiger partial charge in [-0.1, -0.05) is 35.3 Å². The Balaban J connectivity index is 1.78. The molecule has 1 aliphatic heterocycles. The Hall–Kier alpha value is -1.92. The van der Waals surface area contributed by atoms with E-state index in [-0.39, 0.29) is 29.1 Å². The van der Waals surface area contributed by atoms with Crippen LogP contribution >= 0.6 is 23.2 Å². The molecule has 2 aromatic rings. The van der Waals surface area contributed by atoms with Gasteiger partial charge in [0.05, 0.1) is 27.3 Å². The number of benzene rings is 2. The lowest BCUT2D eigenvalue weighted by molar-refractivity contribution is -0.140. The summed E-state index contributed by atoms with van der Waals surface area (Å²) in [4.78, 5) is 17.3. The van der Waals surface area contributed by atoms with Crippen LogP contribution in [0.1, 0.15) is 42.9 Å². The van der Waals surface area contributed by atoms with Crippen LogP contribution in [-0.2, 0) is 33.0 Å². The number of halogens is 6. The number of hydrogen-bond donors (Lipinski definition) is 1. The van der Waals surface area contributed by atoms with E-state index in [4.69, 9.17) is 23.2 Å². The molecule has 1 N–H and O–H groups in total. The minimum absolute atomic E-state index is 0.104. The van der Waals surface area contributed by atoms with Crippen LogP contribution in [0, 0.1) is 5.82 Å². The zero-order chi connectivity index (χ0) is 29.2. The number of nitrogens with one attached hydrogen (secondary N) is 1. The van der Waals surface area contributed by atoms with E-state index in [9.17, 15) is 30.8 Å². The molecule has 13 heteroatoms. The molecule has 1 atom stereocenters.